The van der Waals surface area contributed by atoms with E-state index in [1.807, 2.05) is 39.0 Å². The van der Waals surface area contributed by atoms with E-state index in [0.29, 0.717) is 0 Å². The standard InChI is InChI=1S/C21H25N3OS/c1-6-24-18-10-8-7-9-17(18)22-21(24)26-16(5)20(25)23-19-14(3)11-13(2)12-15(19)4/h7-12,16H,6H2,1-5H3,(H,23,25). The summed E-state index contributed by atoms with van der Waals surface area (Å²) in [4.78, 5) is 17.5. The van der Waals surface area contributed by atoms with Crippen molar-refractivity contribution in [3.63, 3.8) is 0 Å². The van der Waals surface area contributed by atoms with Crippen LogP contribution in [-0.2, 0) is 11.3 Å². The van der Waals surface area contributed by atoms with Crippen LogP contribution in [0.5, 0.6) is 0 Å². The van der Waals surface area contributed by atoms with Crippen molar-refractivity contribution in [3.8, 4) is 0 Å². The number of anilines is 1. The van der Waals surface area contributed by atoms with E-state index in [1.165, 1.54) is 17.3 Å². The first-order chi connectivity index (χ1) is 12.4. The second-order valence-corrected chi connectivity index (χ2v) is 7.96. The molecule has 1 unspecified atom stereocenters. The number of aromatic nitrogens is 2. The van der Waals surface area contributed by atoms with Crippen LogP contribution in [0.4, 0.5) is 5.69 Å². The molecule has 1 amide bonds. The van der Waals surface area contributed by atoms with Crippen molar-refractivity contribution in [1.82, 2.24) is 9.55 Å². The topological polar surface area (TPSA) is 46.9 Å². The molecule has 4 nitrogen and oxygen atoms in total. The van der Waals surface area contributed by atoms with Gasteiger partial charge in [0.2, 0.25) is 5.91 Å². The molecule has 0 aliphatic carbocycles. The van der Waals surface area contributed by atoms with Gasteiger partial charge >= 0.3 is 0 Å². The van der Waals surface area contributed by atoms with Gasteiger partial charge in [0.25, 0.3) is 0 Å². The molecular formula is C21H25N3OS. The van der Waals surface area contributed by atoms with Crippen LogP contribution in [0.1, 0.15) is 30.5 Å². The van der Waals surface area contributed by atoms with Gasteiger partial charge in [0.05, 0.1) is 16.3 Å². The van der Waals surface area contributed by atoms with Crippen molar-refractivity contribution in [2.75, 3.05) is 5.32 Å². The maximum absolute atomic E-state index is 12.8. The van der Waals surface area contributed by atoms with E-state index in [2.05, 4.69) is 41.9 Å². The Kier molecular flexibility index (Phi) is 5.37. The quantitative estimate of drug-likeness (QED) is 0.638. The number of para-hydroxylation sites is 2. The molecule has 5 heteroatoms. The molecule has 0 fully saturated rings. The SMILES string of the molecule is CCn1c(SC(C)C(=O)Nc2c(C)cc(C)cc2C)nc2ccccc21. The van der Waals surface area contributed by atoms with E-state index in [-0.39, 0.29) is 11.2 Å². The Morgan fingerprint density at radius 2 is 1.85 bits per heavy atom. The van der Waals surface area contributed by atoms with E-state index in [4.69, 9.17) is 4.98 Å². The normalized spacial score (nSPS) is 12.3. The van der Waals surface area contributed by atoms with Crippen LogP contribution in [0.15, 0.2) is 41.6 Å². The van der Waals surface area contributed by atoms with E-state index < -0.39 is 0 Å². The second kappa shape index (κ2) is 7.54. The number of nitrogens with zero attached hydrogens (tertiary/aromatic N) is 2. The molecule has 2 aromatic carbocycles. The molecule has 3 aromatic rings. The van der Waals surface area contributed by atoms with Gasteiger partial charge in [0.1, 0.15) is 0 Å². The highest BCUT2D eigenvalue weighted by Gasteiger charge is 2.20. The molecule has 136 valence electrons. The summed E-state index contributed by atoms with van der Waals surface area (Å²) in [6, 6.07) is 12.3. The van der Waals surface area contributed by atoms with Crippen LogP contribution in [0, 0.1) is 20.8 Å². The minimum atomic E-state index is -0.239. The maximum Gasteiger partial charge on any atom is 0.237 e. The van der Waals surface area contributed by atoms with E-state index in [1.54, 1.807) is 0 Å². The zero-order chi connectivity index (χ0) is 18.8. The Bertz CT molecular complexity index is 938. The summed E-state index contributed by atoms with van der Waals surface area (Å²) < 4.78 is 2.16. The molecule has 1 N–H and O–H groups in total. The smallest absolute Gasteiger partial charge is 0.237 e. The first-order valence-electron chi connectivity index (χ1n) is 8.91. The van der Waals surface area contributed by atoms with Gasteiger partial charge in [-0.3, -0.25) is 4.79 Å². The highest BCUT2D eigenvalue weighted by molar-refractivity contribution is 8.00. The van der Waals surface area contributed by atoms with Gasteiger partial charge in [-0.05, 0) is 57.9 Å². The first kappa shape index (κ1) is 18.5. The monoisotopic (exact) mass is 367 g/mol. The zero-order valence-electron chi connectivity index (χ0n) is 16.0. The van der Waals surface area contributed by atoms with Crippen molar-refractivity contribution in [2.45, 2.75) is 51.6 Å². The third-order valence-corrected chi connectivity index (χ3v) is 5.60. The average Bonchev–Trinajstić information content (AvgIpc) is 2.94. The van der Waals surface area contributed by atoms with E-state index in [0.717, 1.165) is 39.5 Å². The molecule has 0 radical (unpaired) electrons. The molecule has 1 aromatic heterocycles. The predicted octanol–water partition coefficient (Wildman–Crippen LogP) is 5.10. The summed E-state index contributed by atoms with van der Waals surface area (Å²) in [6.45, 7) is 11.0. The molecule has 0 spiro atoms. The first-order valence-corrected chi connectivity index (χ1v) is 9.79. The number of hydrogen-bond donors (Lipinski definition) is 1. The van der Waals surface area contributed by atoms with E-state index >= 15 is 0 Å². The largest absolute Gasteiger partial charge is 0.325 e. The summed E-state index contributed by atoms with van der Waals surface area (Å²) >= 11 is 1.50. The number of nitrogens with one attached hydrogen (secondary N) is 1. The van der Waals surface area contributed by atoms with Crippen LogP contribution in [0.25, 0.3) is 11.0 Å². The summed E-state index contributed by atoms with van der Waals surface area (Å²) in [7, 11) is 0. The fraction of sp³-hybridized carbons (Fsp3) is 0.333. The number of amides is 1. The van der Waals surface area contributed by atoms with Crippen molar-refractivity contribution in [2.24, 2.45) is 0 Å². The number of hydrogen-bond acceptors (Lipinski definition) is 3. The number of benzene rings is 2. The van der Waals surface area contributed by atoms with E-state index in [9.17, 15) is 4.79 Å². The van der Waals surface area contributed by atoms with Crippen LogP contribution >= 0.6 is 11.8 Å². The van der Waals surface area contributed by atoms with Gasteiger partial charge in [-0.1, -0.05) is 41.6 Å². The summed E-state index contributed by atoms with van der Waals surface area (Å²) in [5.41, 5.74) is 6.38. The lowest BCUT2D eigenvalue weighted by atomic mass is 10.1. The number of carbonyl (C=O) groups is 1. The van der Waals surface area contributed by atoms with Crippen LogP contribution in [-0.4, -0.2) is 20.7 Å². The fourth-order valence-electron chi connectivity index (χ4n) is 3.26. The van der Waals surface area contributed by atoms with Gasteiger partial charge < -0.3 is 9.88 Å². The van der Waals surface area contributed by atoms with Crippen LogP contribution in [0.2, 0.25) is 0 Å². The molecule has 1 heterocycles. The molecular weight excluding hydrogens is 342 g/mol. The predicted molar refractivity (Wildman–Crippen MR) is 110 cm³/mol. The molecule has 0 aliphatic heterocycles. The average molecular weight is 368 g/mol. The Morgan fingerprint density at radius 3 is 2.50 bits per heavy atom. The lowest BCUT2D eigenvalue weighted by molar-refractivity contribution is -0.115. The third kappa shape index (κ3) is 3.63. The zero-order valence-corrected chi connectivity index (χ0v) is 16.8. The van der Waals surface area contributed by atoms with Gasteiger partial charge in [-0.2, -0.15) is 0 Å². The van der Waals surface area contributed by atoms with Crippen molar-refractivity contribution in [3.05, 3.63) is 53.1 Å². The number of rotatable bonds is 5. The summed E-state index contributed by atoms with van der Waals surface area (Å²) in [5.74, 6) is -0.000220. The number of imidazole rings is 1. The Morgan fingerprint density at radius 1 is 1.19 bits per heavy atom. The van der Waals surface area contributed by atoms with Gasteiger partial charge in [-0.25, -0.2) is 4.98 Å². The van der Waals surface area contributed by atoms with Crippen molar-refractivity contribution >= 4 is 34.4 Å². The number of aryl methyl sites for hydroxylation is 4. The summed E-state index contributed by atoms with van der Waals surface area (Å²) in [6.07, 6.45) is 0. The van der Waals surface area contributed by atoms with Gasteiger partial charge in [0.15, 0.2) is 5.16 Å². The van der Waals surface area contributed by atoms with Gasteiger partial charge in [0, 0.05) is 12.2 Å². The molecule has 0 saturated heterocycles. The third-order valence-electron chi connectivity index (χ3n) is 4.51. The second-order valence-electron chi connectivity index (χ2n) is 6.65. The Labute approximate surface area is 159 Å². The van der Waals surface area contributed by atoms with Crippen molar-refractivity contribution in [1.29, 1.82) is 0 Å². The van der Waals surface area contributed by atoms with Gasteiger partial charge in [-0.15, -0.1) is 0 Å². The minimum absolute atomic E-state index is 0.000220. The highest BCUT2D eigenvalue weighted by Crippen LogP contribution is 2.29. The molecule has 3 rings (SSSR count). The Hall–Kier alpha value is -2.27. The Balaban J connectivity index is 1.80. The number of thioether (sulfide) groups is 1. The molecule has 26 heavy (non-hydrogen) atoms. The fourth-order valence-corrected chi connectivity index (χ4v) is 4.25. The molecule has 0 aliphatic rings. The minimum Gasteiger partial charge on any atom is -0.325 e. The lowest BCUT2D eigenvalue weighted by Gasteiger charge is -2.16. The van der Waals surface area contributed by atoms with Crippen LogP contribution in [0.3, 0.4) is 0 Å². The number of carbonyl (C=O) groups excluding carboxylic acids is 1. The maximum atomic E-state index is 12.8. The molecule has 0 saturated carbocycles. The molecule has 0 bridgehead atoms. The highest BCUT2D eigenvalue weighted by atomic mass is 32.2. The summed E-state index contributed by atoms with van der Waals surface area (Å²) in [5, 5.41) is 3.74. The molecule has 1 atom stereocenters. The van der Waals surface area contributed by atoms with Crippen molar-refractivity contribution < 1.29 is 4.79 Å². The number of fused-ring (bicyclic) bond motifs is 1. The lowest BCUT2D eigenvalue weighted by Crippen LogP contribution is -2.24. The van der Waals surface area contributed by atoms with Crippen LogP contribution < -0.4 is 5.32 Å².